The van der Waals surface area contributed by atoms with Crippen molar-refractivity contribution in [2.75, 3.05) is 11.9 Å². The van der Waals surface area contributed by atoms with Gasteiger partial charge in [-0.3, -0.25) is 9.78 Å². The Kier molecular flexibility index (Phi) is 6.61. The number of carbonyl (C=O) groups is 1. The third-order valence-electron chi connectivity index (χ3n) is 3.32. The molecule has 0 fully saturated rings. The molecule has 0 aliphatic heterocycles. The van der Waals surface area contributed by atoms with Gasteiger partial charge in [-0.15, -0.1) is 0 Å². The summed E-state index contributed by atoms with van der Waals surface area (Å²) in [7, 11) is 0. The molecular formula is C19H25N3O2. The molecule has 1 amide bonds. The smallest absolute Gasteiger partial charge is 0.269 e. The summed E-state index contributed by atoms with van der Waals surface area (Å²) in [5.74, 6) is 0.689. The Labute approximate surface area is 143 Å². The summed E-state index contributed by atoms with van der Waals surface area (Å²) in [6.07, 6.45) is 3.80. The van der Waals surface area contributed by atoms with Crippen molar-refractivity contribution in [3.05, 3.63) is 48.3 Å². The third-order valence-corrected chi connectivity index (χ3v) is 3.32. The first kappa shape index (κ1) is 17.8. The molecule has 0 atom stereocenters. The Morgan fingerprint density at radius 1 is 1.17 bits per heavy atom. The Morgan fingerprint density at radius 2 is 1.92 bits per heavy atom. The van der Waals surface area contributed by atoms with Gasteiger partial charge in [0.15, 0.2) is 0 Å². The van der Waals surface area contributed by atoms with Crippen LogP contribution in [0.3, 0.4) is 0 Å². The van der Waals surface area contributed by atoms with Gasteiger partial charge in [-0.25, -0.2) is 0 Å². The number of amides is 1. The molecule has 1 aromatic carbocycles. The lowest BCUT2D eigenvalue weighted by Gasteiger charge is -2.11. The molecule has 0 aliphatic carbocycles. The largest absolute Gasteiger partial charge is 0.491 e. The molecule has 0 radical (unpaired) electrons. The highest BCUT2D eigenvalue weighted by molar-refractivity contribution is 5.93. The monoisotopic (exact) mass is 327 g/mol. The Balaban J connectivity index is 1.99. The molecule has 0 saturated carbocycles. The van der Waals surface area contributed by atoms with E-state index in [0.717, 1.165) is 30.0 Å². The van der Waals surface area contributed by atoms with Crippen LogP contribution >= 0.6 is 0 Å². The summed E-state index contributed by atoms with van der Waals surface area (Å²) in [5.41, 5.74) is 2.16. The normalized spacial score (nSPS) is 10.5. The van der Waals surface area contributed by atoms with Gasteiger partial charge in [-0.2, -0.15) is 0 Å². The molecule has 0 saturated heterocycles. The number of nitrogens with one attached hydrogen (secondary N) is 2. The average Bonchev–Trinajstić information content (AvgIpc) is 2.56. The minimum Gasteiger partial charge on any atom is -0.491 e. The molecule has 0 unspecified atom stereocenters. The summed E-state index contributed by atoms with van der Waals surface area (Å²) in [4.78, 5) is 16.2. The summed E-state index contributed by atoms with van der Waals surface area (Å²) in [6, 6.07) is 11.3. The number of hydrogen-bond acceptors (Lipinski definition) is 4. The van der Waals surface area contributed by atoms with E-state index in [-0.39, 0.29) is 12.0 Å². The van der Waals surface area contributed by atoms with Crippen LogP contribution in [0.2, 0.25) is 0 Å². The maximum absolute atomic E-state index is 12.1. The molecule has 1 heterocycles. The molecule has 0 spiro atoms. The third kappa shape index (κ3) is 5.57. The standard InChI is InChI=1S/C19H25N3O2/c1-4-5-11-21-19(23)18-13-16(10-12-20-18)22-15-6-8-17(9-7-15)24-14(2)3/h6-10,12-14H,4-5,11H2,1-3H3,(H,20,22)(H,21,23). The highest BCUT2D eigenvalue weighted by Crippen LogP contribution is 2.21. The van der Waals surface area contributed by atoms with E-state index >= 15 is 0 Å². The van der Waals surface area contributed by atoms with Crippen LogP contribution in [-0.4, -0.2) is 23.5 Å². The zero-order valence-corrected chi connectivity index (χ0v) is 14.5. The van der Waals surface area contributed by atoms with Crippen molar-refractivity contribution < 1.29 is 9.53 Å². The van der Waals surface area contributed by atoms with Crippen molar-refractivity contribution in [1.29, 1.82) is 0 Å². The fraction of sp³-hybridized carbons (Fsp3) is 0.368. The van der Waals surface area contributed by atoms with E-state index in [1.165, 1.54) is 0 Å². The zero-order valence-electron chi connectivity index (χ0n) is 14.5. The lowest BCUT2D eigenvalue weighted by atomic mass is 10.2. The number of nitrogens with zero attached hydrogens (tertiary/aromatic N) is 1. The molecule has 5 heteroatoms. The predicted molar refractivity (Wildman–Crippen MR) is 97.0 cm³/mol. The van der Waals surface area contributed by atoms with Crippen LogP contribution in [0.25, 0.3) is 0 Å². The van der Waals surface area contributed by atoms with Crippen LogP contribution in [0.1, 0.15) is 44.1 Å². The van der Waals surface area contributed by atoms with Crippen LogP contribution < -0.4 is 15.4 Å². The molecule has 128 valence electrons. The minimum atomic E-state index is -0.146. The van der Waals surface area contributed by atoms with E-state index in [4.69, 9.17) is 4.74 Å². The first-order valence-corrected chi connectivity index (χ1v) is 8.36. The van der Waals surface area contributed by atoms with Crippen molar-refractivity contribution in [3.8, 4) is 5.75 Å². The van der Waals surface area contributed by atoms with E-state index in [0.29, 0.717) is 12.2 Å². The molecule has 2 aromatic rings. The average molecular weight is 327 g/mol. The van der Waals surface area contributed by atoms with Gasteiger partial charge in [0.25, 0.3) is 5.91 Å². The van der Waals surface area contributed by atoms with Gasteiger partial charge < -0.3 is 15.4 Å². The number of ether oxygens (including phenoxy) is 1. The van der Waals surface area contributed by atoms with Gasteiger partial charge in [-0.05, 0) is 56.7 Å². The molecule has 2 rings (SSSR count). The molecule has 2 N–H and O–H groups in total. The second-order valence-electron chi connectivity index (χ2n) is 5.86. The molecule has 24 heavy (non-hydrogen) atoms. The molecule has 0 aliphatic rings. The van der Waals surface area contributed by atoms with Crippen molar-refractivity contribution in [2.24, 2.45) is 0 Å². The highest BCUT2D eigenvalue weighted by Gasteiger charge is 2.07. The van der Waals surface area contributed by atoms with Crippen LogP contribution in [-0.2, 0) is 0 Å². The number of hydrogen-bond donors (Lipinski definition) is 2. The SMILES string of the molecule is CCCCNC(=O)c1cc(Nc2ccc(OC(C)C)cc2)ccn1. The quantitative estimate of drug-likeness (QED) is 0.715. The number of unbranched alkanes of at least 4 members (excludes halogenated alkanes) is 1. The van der Waals surface area contributed by atoms with Crippen molar-refractivity contribution in [2.45, 2.75) is 39.7 Å². The van der Waals surface area contributed by atoms with Crippen molar-refractivity contribution >= 4 is 17.3 Å². The van der Waals surface area contributed by atoms with E-state index in [9.17, 15) is 4.79 Å². The van der Waals surface area contributed by atoms with E-state index < -0.39 is 0 Å². The van der Waals surface area contributed by atoms with Crippen LogP contribution in [0.15, 0.2) is 42.6 Å². The summed E-state index contributed by atoms with van der Waals surface area (Å²) >= 11 is 0. The first-order chi connectivity index (χ1) is 11.6. The fourth-order valence-corrected chi connectivity index (χ4v) is 2.16. The van der Waals surface area contributed by atoms with E-state index in [2.05, 4.69) is 22.5 Å². The lowest BCUT2D eigenvalue weighted by Crippen LogP contribution is -2.25. The first-order valence-electron chi connectivity index (χ1n) is 8.36. The van der Waals surface area contributed by atoms with Gasteiger partial charge >= 0.3 is 0 Å². The topological polar surface area (TPSA) is 63.2 Å². The van der Waals surface area contributed by atoms with Gasteiger partial charge in [0.1, 0.15) is 11.4 Å². The number of rotatable bonds is 8. The number of benzene rings is 1. The van der Waals surface area contributed by atoms with Crippen LogP contribution in [0.4, 0.5) is 11.4 Å². The predicted octanol–water partition coefficient (Wildman–Crippen LogP) is 4.14. The number of pyridine rings is 1. The maximum Gasteiger partial charge on any atom is 0.269 e. The van der Waals surface area contributed by atoms with Crippen molar-refractivity contribution in [3.63, 3.8) is 0 Å². The van der Waals surface area contributed by atoms with Gasteiger partial charge in [-0.1, -0.05) is 13.3 Å². The summed E-state index contributed by atoms with van der Waals surface area (Å²) in [6.45, 7) is 6.75. The second kappa shape index (κ2) is 8.91. The molecular weight excluding hydrogens is 302 g/mol. The Hall–Kier alpha value is -2.56. The van der Waals surface area contributed by atoms with E-state index in [1.807, 2.05) is 44.2 Å². The summed E-state index contributed by atoms with van der Waals surface area (Å²) < 4.78 is 5.63. The molecule has 5 nitrogen and oxygen atoms in total. The fourth-order valence-electron chi connectivity index (χ4n) is 2.16. The zero-order chi connectivity index (χ0) is 17.4. The maximum atomic E-state index is 12.1. The second-order valence-corrected chi connectivity index (χ2v) is 5.86. The van der Waals surface area contributed by atoms with Gasteiger partial charge in [0, 0.05) is 24.1 Å². The van der Waals surface area contributed by atoms with Gasteiger partial charge in [0.05, 0.1) is 6.10 Å². The number of aromatic nitrogens is 1. The van der Waals surface area contributed by atoms with Crippen molar-refractivity contribution in [1.82, 2.24) is 10.3 Å². The van der Waals surface area contributed by atoms with E-state index in [1.54, 1.807) is 12.3 Å². The van der Waals surface area contributed by atoms with Crippen LogP contribution in [0, 0.1) is 0 Å². The lowest BCUT2D eigenvalue weighted by molar-refractivity contribution is 0.0948. The summed E-state index contributed by atoms with van der Waals surface area (Å²) in [5, 5.41) is 6.14. The highest BCUT2D eigenvalue weighted by atomic mass is 16.5. The molecule has 1 aromatic heterocycles. The number of anilines is 2. The van der Waals surface area contributed by atoms with Gasteiger partial charge in [0.2, 0.25) is 0 Å². The Bertz CT molecular complexity index is 654. The minimum absolute atomic E-state index is 0.146. The number of carbonyl (C=O) groups excluding carboxylic acids is 1. The van der Waals surface area contributed by atoms with Crippen LogP contribution in [0.5, 0.6) is 5.75 Å². The Morgan fingerprint density at radius 3 is 2.58 bits per heavy atom. The molecule has 0 bridgehead atoms.